The van der Waals surface area contributed by atoms with Gasteiger partial charge in [0.1, 0.15) is 5.75 Å². The van der Waals surface area contributed by atoms with Crippen molar-refractivity contribution in [1.29, 1.82) is 0 Å². The zero-order valence-corrected chi connectivity index (χ0v) is 19.6. The van der Waals surface area contributed by atoms with Crippen LogP contribution in [0.2, 0.25) is 5.02 Å². The normalized spacial score (nSPS) is 12.7. The van der Waals surface area contributed by atoms with E-state index in [2.05, 4.69) is 22.1 Å². The van der Waals surface area contributed by atoms with Gasteiger partial charge in [0.05, 0.1) is 42.3 Å². The van der Waals surface area contributed by atoms with Crippen LogP contribution in [0, 0.1) is 0 Å². The number of methoxy groups -OCH3 is 1. The van der Waals surface area contributed by atoms with Gasteiger partial charge in [-0.1, -0.05) is 41.6 Å². The maximum Gasteiger partial charge on any atom is 0.234 e. The summed E-state index contributed by atoms with van der Waals surface area (Å²) >= 11 is 7.61. The van der Waals surface area contributed by atoms with Crippen molar-refractivity contribution in [1.82, 2.24) is 14.8 Å². The number of para-hydroxylation sites is 1. The summed E-state index contributed by atoms with van der Waals surface area (Å²) in [7, 11) is 1.61. The predicted molar refractivity (Wildman–Crippen MR) is 129 cm³/mol. The van der Waals surface area contributed by atoms with Crippen LogP contribution in [0.3, 0.4) is 0 Å². The Kier molecular flexibility index (Phi) is 7.41. The molecule has 1 amide bonds. The number of ether oxygens (including phenoxy) is 3. The average molecular weight is 487 g/mol. The monoisotopic (exact) mass is 486 g/mol. The van der Waals surface area contributed by atoms with Crippen molar-refractivity contribution < 1.29 is 19.0 Å². The SMILES string of the molecule is C=CCn1c(SCC(=O)Nc2cc3c(cc2Cl)OCCCO3)nnc1-c1ccccc1OC. The second kappa shape index (κ2) is 10.6. The number of rotatable bonds is 8. The van der Waals surface area contributed by atoms with Crippen LogP contribution in [0.4, 0.5) is 5.69 Å². The van der Waals surface area contributed by atoms with E-state index >= 15 is 0 Å². The Balaban J connectivity index is 1.48. The Hall–Kier alpha value is -3.17. The summed E-state index contributed by atoms with van der Waals surface area (Å²) in [5, 5.41) is 12.4. The summed E-state index contributed by atoms with van der Waals surface area (Å²) in [6, 6.07) is 10.9. The van der Waals surface area contributed by atoms with Gasteiger partial charge < -0.3 is 19.5 Å². The van der Waals surface area contributed by atoms with Crippen molar-refractivity contribution in [3.05, 3.63) is 54.1 Å². The van der Waals surface area contributed by atoms with Gasteiger partial charge in [-0.05, 0) is 12.1 Å². The van der Waals surface area contributed by atoms with Gasteiger partial charge in [-0.2, -0.15) is 0 Å². The largest absolute Gasteiger partial charge is 0.496 e. The zero-order chi connectivity index (χ0) is 23.2. The standard InChI is InChI=1S/C23H23ClN4O4S/c1-3-9-28-22(15-7-4-5-8-18(15)30-2)26-27-23(28)33-14-21(29)25-17-13-20-19(12-16(17)24)31-10-6-11-32-20/h3-5,7-8,12-13H,1,6,9-11,14H2,2H3,(H,25,29). The number of carbonyl (C=O) groups excluding carboxylic acids is 1. The Bertz CT molecular complexity index is 1170. The van der Waals surface area contributed by atoms with E-state index in [1.165, 1.54) is 11.8 Å². The van der Waals surface area contributed by atoms with E-state index in [1.807, 2.05) is 28.8 Å². The van der Waals surface area contributed by atoms with Gasteiger partial charge in [0.15, 0.2) is 22.5 Å². The number of thioether (sulfide) groups is 1. The number of carbonyl (C=O) groups is 1. The van der Waals surface area contributed by atoms with Gasteiger partial charge in [-0.15, -0.1) is 16.8 Å². The second-order valence-electron chi connectivity index (χ2n) is 7.07. The highest BCUT2D eigenvalue weighted by atomic mass is 35.5. The molecule has 172 valence electrons. The minimum Gasteiger partial charge on any atom is -0.496 e. The third-order valence-corrected chi connectivity index (χ3v) is 6.10. The van der Waals surface area contributed by atoms with Crippen molar-refractivity contribution in [2.24, 2.45) is 0 Å². The topological polar surface area (TPSA) is 87.5 Å². The summed E-state index contributed by atoms with van der Waals surface area (Å²) in [4.78, 5) is 12.7. The molecule has 8 nitrogen and oxygen atoms in total. The molecular formula is C23H23ClN4O4S. The average Bonchev–Trinajstić information content (AvgIpc) is 3.07. The molecule has 1 aliphatic heterocycles. The molecule has 1 aliphatic rings. The van der Waals surface area contributed by atoms with Crippen LogP contribution in [0.5, 0.6) is 17.2 Å². The van der Waals surface area contributed by atoms with Gasteiger partial charge in [0.2, 0.25) is 5.91 Å². The number of allylic oxidation sites excluding steroid dienone is 1. The molecule has 2 aromatic carbocycles. The van der Waals surface area contributed by atoms with E-state index in [4.69, 9.17) is 25.8 Å². The highest BCUT2D eigenvalue weighted by Crippen LogP contribution is 2.38. The number of hydrogen-bond donors (Lipinski definition) is 1. The fraction of sp³-hybridized carbons (Fsp3) is 0.261. The van der Waals surface area contributed by atoms with Crippen LogP contribution >= 0.6 is 23.4 Å². The molecule has 0 spiro atoms. The van der Waals surface area contributed by atoms with Crippen molar-refractivity contribution in [3.8, 4) is 28.6 Å². The van der Waals surface area contributed by atoms with E-state index in [0.717, 1.165) is 12.0 Å². The minimum atomic E-state index is -0.233. The number of benzene rings is 2. The van der Waals surface area contributed by atoms with Crippen LogP contribution in [-0.4, -0.2) is 46.7 Å². The predicted octanol–water partition coefficient (Wildman–Crippen LogP) is 4.69. The highest BCUT2D eigenvalue weighted by molar-refractivity contribution is 7.99. The fourth-order valence-corrected chi connectivity index (χ4v) is 4.26. The Morgan fingerprint density at radius 3 is 2.79 bits per heavy atom. The van der Waals surface area contributed by atoms with Gasteiger partial charge in [-0.3, -0.25) is 9.36 Å². The van der Waals surface area contributed by atoms with E-state index in [9.17, 15) is 4.79 Å². The van der Waals surface area contributed by atoms with E-state index < -0.39 is 0 Å². The van der Waals surface area contributed by atoms with Crippen molar-refractivity contribution in [3.63, 3.8) is 0 Å². The molecule has 0 unspecified atom stereocenters. The number of aromatic nitrogens is 3. The Morgan fingerprint density at radius 2 is 2.03 bits per heavy atom. The number of anilines is 1. The quantitative estimate of drug-likeness (QED) is 0.365. The number of amides is 1. The molecule has 1 aromatic heterocycles. The molecule has 0 bridgehead atoms. The highest BCUT2D eigenvalue weighted by Gasteiger charge is 2.19. The molecule has 2 heterocycles. The van der Waals surface area contributed by atoms with Crippen LogP contribution in [0.25, 0.3) is 11.4 Å². The summed E-state index contributed by atoms with van der Waals surface area (Å²) in [5.41, 5.74) is 1.28. The number of hydrogen-bond acceptors (Lipinski definition) is 7. The maximum atomic E-state index is 12.7. The number of halogens is 1. The maximum absolute atomic E-state index is 12.7. The molecule has 0 saturated heterocycles. The van der Waals surface area contributed by atoms with Crippen LogP contribution in [0.1, 0.15) is 6.42 Å². The minimum absolute atomic E-state index is 0.117. The molecule has 4 rings (SSSR count). The molecular weight excluding hydrogens is 464 g/mol. The Labute approximate surface area is 200 Å². The first-order chi connectivity index (χ1) is 16.1. The summed E-state index contributed by atoms with van der Waals surface area (Å²) in [6.45, 7) is 5.42. The Morgan fingerprint density at radius 1 is 1.27 bits per heavy atom. The van der Waals surface area contributed by atoms with Crippen molar-refractivity contribution >= 4 is 35.0 Å². The lowest BCUT2D eigenvalue weighted by atomic mass is 10.2. The molecule has 0 aliphatic carbocycles. The first-order valence-electron chi connectivity index (χ1n) is 10.3. The van der Waals surface area contributed by atoms with Crippen LogP contribution < -0.4 is 19.5 Å². The van der Waals surface area contributed by atoms with Crippen molar-refractivity contribution in [2.75, 3.05) is 31.4 Å². The third kappa shape index (κ3) is 5.26. The molecule has 0 fully saturated rings. The molecule has 10 heteroatoms. The van der Waals surface area contributed by atoms with E-state index in [0.29, 0.717) is 58.7 Å². The molecule has 0 radical (unpaired) electrons. The lowest BCUT2D eigenvalue weighted by Crippen LogP contribution is -2.15. The molecule has 33 heavy (non-hydrogen) atoms. The van der Waals surface area contributed by atoms with Gasteiger partial charge in [0, 0.05) is 25.1 Å². The smallest absolute Gasteiger partial charge is 0.234 e. The second-order valence-corrected chi connectivity index (χ2v) is 8.42. The first kappa shape index (κ1) is 23.0. The van der Waals surface area contributed by atoms with Crippen LogP contribution in [-0.2, 0) is 11.3 Å². The van der Waals surface area contributed by atoms with Crippen LogP contribution in [0.15, 0.2) is 54.2 Å². The number of nitrogens with zero attached hydrogens (tertiary/aromatic N) is 3. The van der Waals surface area contributed by atoms with Gasteiger partial charge >= 0.3 is 0 Å². The number of fused-ring (bicyclic) bond motifs is 1. The lowest BCUT2D eigenvalue weighted by molar-refractivity contribution is -0.113. The van der Waals surface area contributed by atoms with E-state index in [-0.39, 0.29) is 11.7 Å². The van der Waals surface area contributed by atoms with Gasteiger partial charge in [-0.25, -0.2) is 0 Å². The summed E-state index contributed by atoms with van der Waals surface area (Å²) in [5.74, 6) is 2.35. The number of nitrogens with one attached hydrogen (secondary N) is 1. The third-order valence-electron chi connectivity index (χ3n) is 4.82. The van der Waals surface area contributed by atoms with Gasteiger partial charge in [0.25, 0.3) is 0 Å². The first-order valence-corrected chi connectivity index (χ1v) is 11.7. The van der Waals surface area contributed by atoms with Crippen molar-refractivity contribution in [2.45, 2.75) is 18.1 Å². The summed E-state index contributed by atoms with van der Waals surface area (Å²) < 4.78 is 18.7. The lowest BCUT2D eigenvalue weighted by Gasteiger charge is -2.13. The molecule has 1 N–H and O–H groups in total. The molecule has 0 atom stereocenters. The molecule has 0 saturated carbocycles. The van der Waals surface area contributed by atoms with E-state index in [1.54, 1.807) is 25.3 Å². The fourth-order valence-electron chi connectivity index (χ4n) is 3.31. The summed E-state index contributed by atoms with van der Waals surface area (Å²) in [6.07, 6.45) is 2.54. The molecule has 3 aromatic rings. The zero-order valence-electron chi connectivity index (χ0n) is 18.0.